The summed E-state index contributed by atoms with van der Waals surface area (Å²) in [7, 11) is 1.70. The lowest BCUT2D eigenvalue weighted by atomic mass is 10.1. The molecule has 0 fully saturated rings. The van der Waals surface area contributed by atoms with E-state index in [0.29, 0.717) is 28.4 Å². The number of hydrogen-bond donors (Lipinski definition) is 1. The number of nitrogens with two attached hydrogens (primary N) is 1. The summed E-state index contributed by atoms with van der Waals surface area (Å²) in [5, 5.41) is 4.84. The van der Waals surface area contributed by atoms with Gasteiger partial charge in [-0.05, 0) is 12.1 Å². The molecule has 82 valence electrons. The van der Waals surface area contributed by atoms with Gasteiger partial charge in [0.15, 0.2) is 6.29 Å². The van der Waals surface area contributed by atoms with Gasteiger partial charge in [-0.3, -0.25) is 9.48 Å². The molecule has 0 saturated carbocycles. The zero-order valence-corrected chi connectivity index (χ0v) is 9.40. The predicted octanol–water partition coefficient (Wildman–Crippen LogP) is 2.14. The second kappa shape index (κ2) is 3.98. The van der Waals surface area contributed by atoms with Gasteiger partial charge in [-0.25, -0.2) is 0 Å². The number of hydrogen-bond acceptors (Lipinski definition) is 3. The van der Waals surface area contributed by atoms with E-state index in [2.05, 4.69) is 5.10 Å². The van der Waals surface area contributed by atoms with E-state index < -0.39 is 0 Å². The van der Waals surface area contributed by atoms with E-state index in [0.717, 1.165) is 5.56 Å². The van der Waals surface area contributed by atoms with E-state index in [1.807, 2.05) is 0 Å². The van der Waals surface area contributed by atoms with Crippen molar-refractivity contribution in [3.05, 3.63) is 34.9 Å². The second-order valence-corrected chi connectivity index (χ2v) is 3.83. The van der Waals surface area contributed by atoms with E-state index in [9.17, 15) is 4.79 Å². The number of nitrogen functional groups attached to an aromatic ring is 1. The number of rotatable bonds is 2. The number of benzene rings is 1. The molecule has 1 aromatic heterocycles. The van der Waals surface area contributed by atoms with Gasteiger partial charge >= 0.3 is 0 Å². The topological polar surface area (TPSA) is 60.9 Å². The molecule has 0 unspecified atom stereocenters. The zero-order chi connectivity index (χ0) is 11.7. The van der Waals surface area contributed by atoms with Crippen molar-refractivity contribution < 1.29 is 4.79 Å². The van der Waals surface area contributed by atoms with Crippen molar-refractivity contribution in [3.63, 3.8) is 0 Å². The van der Waals surface area contributed by atoms with Crippen molar-refractivity contribution in [3.8, 4) is 11.3 Å². The second-order valence-electron chi connectivity index (χ2n) is 3.40. The van der Waals surface area contributed by atoms with Crippen LogP contribution in [0.15, 0.2) is 24.3 Å². The van der Waals surface area contributed by atoms with Gasteiger partial charge in [0.1, 0.15) is 11.5 Å². The fourth-order valence-electron chi connectivity index (χ4n) is 1.49. The molecule has 0 atom stereocenters. The van der Waals surface area contributed by atoms with E-state index in [1.54, 1.807) is 31.3 Å². The monoisotopic (exact) mass is 235 g/mol. The lowest BCUT2D eigenvalue weighted by Crippen LogP contribution is -1.98. The first kappa shape index (κ1) is 10.7. The van der Waals surface area contributed by atoms with Crippen molar-refractivity contribution in [1.29, 1.82) is 0 Å². The highest BCUT2D eigenvalue weighted by Gasteiger charge is 2.14. The average Bonchev–Trinajstić information content (AvgIpc) is 2.56. The molecular weight excluding hydrogens is 226 g/mol. The molecule has 0 aliphatic carbocycles. The number of carbonyl (C=O) groups is 1. The van der Waals surface area contributed by atoms with Crippen LogP contribution in [0.5, 0.6) is 0 Å². The molecule has 2 aromatic rings. The van der Waals surface area contributed by atoms with Gasteiger partial charge in [-0.1, -0.05) is 23.7 Å². The van der Waals surface area contributed by atoms with Gasteiger partial charge in [0.2, 0.25) is 0 Å². The Morgan fingerprint density at radius 1 is 1.38 bits per heavy atom. The van der Waals surface area contributed by atoms with Gasteiger partial charge in [-0.2, -0.15) is 5.10 Å². The number of anilines is 1. The van der Waals surface area contributed by atoms with Gasteiger partial charge in [-0.15, -0.1) is 0 Å². The number of aldehydes is 1. The summed E-state index contributed by atoms with van der Waals surface area (Å²) in [5.74, 6) is 0.361. The highest BCUT2D eigenvalue weighted by molar-refractivity contribution is 6.30. The molecule has 0 aliphatic rings. The van der Waals surface area contributed by atoms with Crippen LogP contribution in [0.1, 0.15) is 10.4 Å². The maximum Gasteiger partial charge on any atom is 0.156 e. The molecule has 1 aromatic carbocycles. The largest absolute Gasteiger partial charge is 0.383 e. The summed E-state index contributed by atoms with van der Waals surface area (Å²) >= 11 is 5.79. The SMILES string of the molecule is Cn1nc(-c2ccc(Cl)cc2)c(C=O)c1N. The summed E-state index contributed by atoms with van der Waals surface area (Å²) in [4.78, 5) is 10.9. The fourth-order valence-corrected chi connectivity index (χ4v) is 1.62. The van der Waals surface area contributed by atoms with Crippen LogP contribution in [0.2, 0.25) is 5.02 Å². The van der Waals surface area contributed by atoms with Crippen LogP contribution < -0.4 is 5.73 Å². The minimum Gasteiger partial charge on any atom is -0.383 e. The van der Waals surface area contributed by atoms with Crippen LogP contribution in [-0.2, 0) is 7.05 Å². The maximum atomic E-state index is 10.9. The first-order valence-electron chi connectivity index (χ1n) is 4.67. The highest BCUT2D eigenvalue weighted by atomic mass is 35.5. The Morgan fingerprint density at radius 2 is 2.00 bits per heavy atom. The molecule has 0 amide bonds. The van der Waals surface area contributed by atoms with Gasteiger partial charge in [0, 0.05) is 17.6 Å². The average molecular weight is 236 g/mol. The van der Waals surface area contributed by atoms with Crippen LogP contribution in [-0.4, -0.2) is 16.1 Å². The van der Waals surface area contributed by atoms with Crippen LogP contribution in [0.25, 0.3) is 11.3 Å². The van der Waals surface area contributed by atoms with Crippen LogP contribution in [0.3, 0.4) is 0 Å². The third-order valence-electron chi connectivity index (χ3n) is 2.37. The Morgan fingerprint density at radius 3 is 2.56 bits per heavy atom. The first-order chi connectivity index (χ1) is 7.63. The molecule has 5 heteroatoms. The van der Waals surface area contributed by atoms with Gasteiger partial charge < -0.3 is 5.73 Å². The Labute approximate surface area is 97.6 Å². The van der Waals surface area contributed by atoms with Crippen molar-refractivity contribution >= 4 is 23.7 Å². The minimum atomic E-state index is 0.361. The standard InChI is InChI=1S/C11H10ClN3O/c1-15-11(13)9(6-16)10(14-15)7-2-4-8(12)5-3-7/h2-6H,13H2,1H3. The first-order valence-corrected chi connectivity index (χ1v) is 5.05. The van der Waals surface area contributed by atoms with Crippen molar-refractivity contribution in [1.82, 2.24) is 9.78 Å². The number of halogens is 1. The molecule has 0 radical (unpaired) electrons. The van der Waals surface area contributed by atoms with E-state index >= 15 is 0 Å². The Kier molecular flexibility index (Phi) is 2.66. The van der Waals surface area contributed by atoms with Crippen LogP contribution >= 0.6 is 11.6 Å². The minimum absolute atomic E-state index is 0.361. The quantitative estimate of drug-likeness (QED) is 0.812. The van der Waals surface area contributed by atoms with Gasteiger partial charge in [0.05, 0.1) is 5.56 Å². The number of carbonyl (C=O) groups excluding carboxylic acids is 1. The van der Waals surface area contributed by atoms with E-state index in [4.69, 9.17) is 17.3 Å². The third kappa shape index (κ3) is 1.67. The molecular formula is C11H10ClN3O. The number of nitrogens with zero attached hydrogens (tertiary/aromatic N) is 2. The number of aryl methyl sites for hydroxylation is 1. The lowest BCUT2D eigenvalue weighted by molar-refractivity contribution is 0.112. The van der Waals surface area contributed by atoms with Crippen molar-refractivity contribution in [2.75, 3.05) is 5.73 Å². The predicted molar refractivity (Wildman–Crippen MR) is 63.5 cm³/mol. The summed E-state index contributed by atoms with van der Waals surface area (Å²) in [6, 6.07) is 7.10. The molecule has 2 rings (SSSR count). The summed E-state index contributed by atoms with van der Waals surface area (Å²) < 4.78 is 1.48. The highest BCUT2D eigenvalue weighted by Crippen LogP contribution is 2.26. The molecule has 16 heavy (non-hydrogen) atoms. The van der Waals surface area contributed by atoms with Gasteiger partial charge in [0.25, 0.3) is 0 Å². The molecule has 0 spiro atoms. The smallest absolute Gasteiger partial charge is 0.156 e. The Hall–Kier alpha value is -1.81. The summed E-state index contributed by atoms with van der Waals surface area (Å²) in [5.41, 5.74) is 7.53. The maximum absolute atomic E-state index is 10.9. The molecule has 0 aliphatic heterocycles. The fraction of sp³-hybridized carbons (Fsp3) is 0.0909. The van der Waals surface area contributed by atoms with Crippen LogP contribution in [0.4, 0.5) is 5.82 Å². The molecule has 1 heterocycles. The number of aromatic nitrogens is 2. The lowest BCUT2D eigenvalue weighted by Gasteiger charge is -1.97. The molecule has 4 nitrogen and oxygen atoms in total. The van der Waals surface area contributed by atoms with E-state index in [1.165, 1.54) is 4.68 Å². The van der Waals surface area contributed by atoms with E-state index in [-0.39, 0.29) is 0 Å². The molecule has 2 N–H and O–H groups in total. The third-order valence-corrected chi connectivity index (χ3v) is 2.62. The van der Waals surface area contributed by atoms with Crippen molar-refractivity contribution in [2.45, 2.75) is 0 Å². The molecule has 0 saturated heterocycles. The Bertz CT molecular complexity index is 531. The van der Waals surface area contributed by atoms with Crippen molar-refractivity contribution in [2.24, 2.45) is 7.05 Å². The Balaban J connectivity index is 2.59. The summed E-state index contributed by atoms with van der Waals surface area (Å²) in [6.07, 6.45) is 0.715. The zero-order valence-electron chi connectivity index (χ0n) is 8.64. The van der Waals surface area contributed by atoms with Crippen LogP contribution in [0, 0.1) is 0 Å². The molecule has 0 bridgehead atoms. The summed E-state index contributed by atoms with van der Waals surface area (Å²) in [6.45, 7) is 0. The normalized spacial score (nSPS) is 10.4.